The fourth-order valence-electron chi connectivity index (χ4n) is 13.3. The third-order valence-electron chi connectivity index (χ3n) is 17.3. The van der Waals surface area contributed by atoms with Crippen LogP contribution in [0.5, 0.6) is 11.8 Å². The van der Waals surface area contributed by atoms with Crippen LogP contribution >= 0.6 is 0 Å². The highest BCUT2D eigenvalue weighted by molar-refractivity contribution is 6.06. The van der Waals surface area contributed by atoms with Gasteiger partial charge in [-0.15, -0.1) is 6.42 Å². The Balaban J connectivity index is 0.617. The Morgan fingerprint density at radius 3 is 2.27 bits per heavy atom. The number of rotatable bonds is 12. The van der Waals surface area contributed by atoms with Crippen molar-refractivity contribution in [2.24, 2.45) is 17.8 Å². The number of amides is 3. The molecule has 386 valence electrons. The Kier molecular flexibility index (Phi) is 13.3. The molecule has 74 heavy (non-hydrogen) atoms. The second kappa shape index (κ2) is 20.3. The molecule has 0 spiro atoms. The number of pyridine rings is 1. The van der Waals surface area contributed by atoms with E-state index in [0.717, 1.165) is 94.6 Å². The minimum absolute atomic E-state index is 0.0346. The number of piperazine rings is 1. The Bertz CT molecular complexity index is 3040. The largest absolute Gasteiger partial charge is 0.508 e. The van der Waals surface area contributed by atoms with E-state index in [1.165, 1.54) is 56.4 Å². The maximum absolute atomic E-state index is 17.0. The monoisotopic (exact) mass is 1010 g/mol. The van der Waals surface area contributed by atoms with Crippen molar-refractivity contribution in [2.75, 3.05) is 81.9 Å². The number of nitrogens with zero attached hydrogens (tertiary/aromatic N) is 8. The van der Waals surface area contributed by atoms with Crippen molar-refractivity contribution in [1.82, 2.24) is 40.3 Å². The average Bonchev–Trinajstić information content (AvgIpc) is 3.92. The minimum Gasteiger partial charge on any atom is -0.508 e. The van der Waals surface area contributed by atoms with E-state index in [9.17, 15) is 19.5 Å². The summed E-state index contributed by atoms with van der Waals surface area (Å²) < 4.78 is 38.3. The molecule has 0 radical (unpaired) electrons. The second-order valence-electron chi connectivity index (χ2n) is 22.0. The van der Waals surface area contributed by atoms with Gasteiger partial charge in [0.1, 0.15) is 41.2 Å². The molecule has 9 heterocycles. The number of phenols is 1. The molecule has 0 saturated carbocycles. The van der Waals surface area contributed by atoms with Gasteiger partial charge in [0.05, 0.1) is 10.9 Å². The van der Waals surface area contributed by atoms with Gasteiger partial charge < -0.3 is 34.8 Å². The van der Waals surface area contributed by atoms with Gasteiger partial charge in [-0.25, -0.2) is 8.78 Å². The van der Waals surface area contributed by atoms with Crippen molar-refractivity contribution in [1.29, 1.82) is 0 Å². The van der Waals surface area contributed by atoms with E-state index >= 15 is 8.78 Å². The van der Waals surface area contributed by atoms with E-state index in [1.54, 1.807) is 11.1 Å². The number of fused-ring (bicyclic) bond motifs is 5. The van der Waals surface area contributed by atoms with Crippen LogP contribution in [-0.4, -0.2) is 143 Å². The molecule has 3 N–H and O–H groups in total. The molecule has 7 aliphatic rings. The molecular formula is C57H64F2N10O5. The first kappa shape index (κ1) is 48.5. The molecule has 3 amide bonds. The van der Waals surface area contributed by atoms with Crippen LogP contribution in [0.2, 0.25) is 0 Å². The minimum atomic E-state index is -0.727. The van der Waals surface area contributed by atoms with Crippen LogP contribution in [0.1, 0.15) is 92.1 Å². The zero-order chi connectivity index (χ0) is 50.6. The number of hydrogen-bond acceptors (Lipinski definition) is 13. The number of aromatic hydroxyl groups is 1. The van der Waals surface area contributed by atoms with Crippen molar-refractivity contribution >= 4 is 50.9 Å². The van der Waals surface area contributed by atoms with E-state index < -0.39 is 17.7 Å². The third kappa shape index (κ3) is 9.60. The van der Waals surface area contributed by atoms with Crippen LogP contribution in [0.4, 0.5) is 20.3 Å². The molecule has 6 saturated heterocycles. The molecule has 3 atom stereocenters. The number of halogens is 2. The lowest BCUT2D eigenvalue weighted by atomic mass is 9.82. The molecule has 5 aromatic rings. The number of ether oxygens (including phenoxy) is 1. The van der Waals surface area contributed by atoms with E-state index in [-0.39, 0.29) is 63.6 Å². The highest BCUT2D eigenvalue weighted by Crippen LogP contribution is 2.40. The van der Waals surface area contributed by atoms with Crippen molar-refractivity contribution in [3.8, 4) is 35.4 Å². The molecular weight excluding hydrogens is 943 g/mol. The summed E-state index contributed by atoms with van der Waals surface area (Å²) in [6.45, 7) is 10.3. The lowest BCUT2D eigenvalue weighted by molar-refractivity contribution is -0.136. The van der Waals surface area contributed by atoms with E-state index in [4.69, 9.17) is 16.1 Å². The van der Waals surface area contributed by atoms with Crippen molar-refractivity contribution in [3.63, 3.8) is 0 Å². The van der Waals surface area contributed by atoms with Crippen LogP contribution in [-0.2, 0) is 16.1 Å². The zero-order valence-corrected chi connectivity index (χ0v) is 41.8. The summed E-state index contributed by atoms with van der Waals surface area (Å²) in [6.07, 6.45) is 18.5. The molecule has 6 fully saturated rings. The molecule has 2 bridgehead atoms. The number of aromatic nitrogens is 3. The summed E-state index contributed by atoms with van der Waals surface area (Å²) in [5.41, 5.74) is 2.84. The molecule has 2 aromatic heterocycles. The van der Waals surface area contributed by atoms with Gasteiger partial charge >= 0.3 is 6.01 Å². The number of anilines is 2. The summed E-state index contributed by atoms with van der Waals surface area (Å²) in [5, 5.41) is 17.9. The van der Waals surface area contributed by atoms with E-state index in [2.05, 4.69) is 58.3 Å². The first-order valence-corrected chi connectivity index (χ1v) is 26.9. The number of carbonyl (C=O) groups is 3. The predicted octanol–water partition coefficient (Wildman–Crippen LogP) is 6.62. The molecule has 3 unspecified atom stereocenters. The molecule has 0 aliphatic carbocycles. The Morgan fingerprint density at radius 1 is 0.797 bits per heavy atom. The number of imide groups is 1. The van der Waals surface area contributed by atoms with Gasteiger partial charge in [0, 0.05) is 92.7 Å². The summed E-state index contributed by atoms with van der Waals surface area (Å²) >= 11 is 0. The Labute approximate surface area is 430 Å². The number of terminal acetylenes is 1. The normalized spacial score (nSPS) is 23.5. The van der Waals surface area contributed by atoms with Gasteiger partial charge in [0.2, 0.25) is 11.8 Å². The third-order valence-corrected chi connectivity index (χ3v) is 17.3. The van der Waals surface area contributed by atoms with Gasteiger partial charge in [-0.2, -0.15) is 9.97 Å². The Morgan fingerprint density at radius 2 is 1.53 bits per heavy atom. The first-order valence-electron chi connectivity index (χ1n) is 26.9. The number of nitrogens with one attached hydrogen (secondary N) is 2. The number of benzene rings is 3. The Hall–Kier alpha value is -6.48. The molecule has 12 rings (SSSR count). The van der Waals surface area contributed by atoms with Crippen LogP contribution in [0.15, 0.2) is 48.7 Å². The second-order valence-corrected chi connectivity index (χ2v) is 22.0. The lowest BCUT2D eigenvalue weighted by Gasteiger charge is -2.39. The SMILES string of the molecule is C#Cc1c(F)ccc2cc(O)cc(-c3ncc4c(N5CC6CCC(C5)N6)nc(OCCN5CCC(CN6CCC(CC7CCN(c8ccc9c(c8)CN(C8CCC(=O)NC8=O)C9=O)CC7)CC6)CC5)nc4c3F)c12. The number of likely N-dealkylation sites (tertiary alicyclic amines) is 2. The fourth-order valence-corrected chi connectivity index (χ4v) is 13.3. The zero-order valence-electron chi connectivity index (χ0n) is 41.8. The van der Waals surface area contributed by atoms with Crippen LogP contribution < -0.4 is 25.2 Å². The number of hydrogen-bond donors (Lipinski definition) is 3. The van der Waals surface area contributed by atoms with Gasteiger partial charge in [-0.3, -0.25) is 29.6 Å². The molecule has 3 aromatic carbocycles. The fraction of sp³-hybridized carbons (Fsp3) is 0.509. The van der Waals surface area contributed by atoms with Gasteiger partial charge in [0.15, 0.2) is 5.82 Å². The highest BCUT2D eigenvalue weighted by Gasteiger charge is 2.40. The topological polar surface area (TPSA) is 160 Å². The standard InChI is InChI=1S/C57H64F2N10O5/c1-2-43-47(58)8-3-37-27-42(70)28-45(50(37)43)52-51(59)53-46(29-60-52)54(68-32-39-4-5-40(33-68)61-39)64-57(63-53)74-24-23-65-17-13-36(14-18-65)30-66-19-11-34(12-20-66)25-35-15-21-67(22-16-35)41-6-7-44-38(26-41)31-69(56(44)73)48-9-10-49(71)62-55(48)72/h1,3,6-8,26-29,34-36,39-40,48,61,70H,4-5,9-25,30-33H2,(H,62,71,72). The van der Waals surface area contributed by atoms with Crippen molar-refractivity contribution < 1.29 is 33.0 Å². The average molecular weight is 1010 g/mol. The number of carbonyl (C=O) groups excluding carboxylic acids is 3. The quantitative estimate of drug-likeness (QED) is 0.0906. The highest BCUT2D eigenvalue weighted by atomic mass is 19.1. The van der Waals surface area contributed by atoms with Gasteiger partial charge in [-0.05, 0) is 155 Å². The first-order chi connectivity index (χ1) is 36.0. The summed E-state index contributed by atoms with van der Waals surface area (Å²) in [5.74, 6) is 2.88. The maximum Gasteiger partial charge on any atom is 0.319 e. The molecule has 17 heteroatoms. The van der Waals surface area contributed by atoms with Crippen LogP contribution in [0, 0.1) is 41.7 Å². The van der Waals surface area contributed by atoms with Crippen molar-refractivity contribution in [2.45, 2.75) is 95.3 Å². The van der Waals surface area contributed by atoms with Gasteiger partial charge in [0.25, 0.3) is 5.91 Å². The summed E-state index contributed by atoms with van der Waals surface area (Å²) in [4.78, 5) is 62.9. The smallest absolute Gasteiger partial charge is 0.319 e. The number of piperidine rings is 4. The van der Waals surface area contributed by atoms with E-state index in [0.29, 0.717) is 79.4 Å². The van der Waals surface area contributed by atoms with Crippen LogP contribution in [0.25, 0.3) is 32.9 Å². The van der Waals surface area contributed by atoms with Crippen LogP contribution in [0.3, 0.4) is 0 Å². The van der Waals surface area contributed by atoms with Gasteiger partial charge in [-0.1, -0.05) is 12.0 Å². The molecule has 15 nitrogen and oxygen atoms in total. The maximum atomic E-state index is 17.0. The van der Waals surface area contributed by atoms with E-state index in [1.807, 2.05) is 6.07 Å². The lowest BCUT2D eigenvalue weighted by Crippen LogP contribution is -2.52. The summed E-state index contributed by atoms with van der Waals surface area (Å²) in [7, 11) is 0. The summed E-state index contributed by atoms with van der Waals surface area (Å²) in [6, 6.07) is 11.8. The van der Waals surface area contributed by atoms with Crippen molar-refractivity contribution in [3.05, 3.63) is 77.0 Å². The predicted molar refractivity (Wildman–Crippen MR) is 278 cm³/mol. The molecule has 7 aliphatic heterocycles. The number of phenolic OH excluding ortho intramolecular Hbond substituents is 1.